The normalized spacial score (nSPS) is 14.8. The predicted octanol–water partition coefficient (Wildman–Crippen LogP) is 1.21. The Morgan fingerprint density at radius 1 is 1.58 bits per heavy atom. The number of rotatable bonds is 5. The number of sulfonamides is 1. The van der Waals surface area contributed by atoms with Crippen molar-refractivity contribution in [3.63, 3.8) is 0 Å². The summed E-state index contributed by atoms with van der Waals surface area (Å²) in [6.07, 6.45) is 3.20. The van der Waals surface area contributed by atoms with Gasteiger partial charge in [-0.2, -0.15) is 11.3 Å². The first-order valence-electron chi connectivity index (χ1n) is 3.59. The molecule has 0 rings (SSSR count). The Balaban J connectivity index is 4.20. The average molecular weight is 190 g/mol. The smallest absolute Gasteiger partial charge is 0.267 e. The first kappa shape index (κ1) is 11.2. The summed E-state index contributed by atoms with van der Waals surface area (Å²) < 4.78 is 24.1. The molecule has 0 radical (unpaired) electrons. The second-order valence-electron chi connectivity index (χ2n) is 2.44. The Morgan fingerprint density at radius 2 is 2.17 bits per heavy atom. The summed E-state index contributed by atoms with van der Waals surface area (Å²) in [5.41, 5.74) is 0. The fraction of sp³-hybridized carbons (Fsp3) is 0.833. The van der Waals surface area contributed by atoms with Crippen LogP contribution in [-0.4, -0.2) is 26.9 Å². The van der Waals surface area contributed by atoms with Gasteiger partial charge >= 0.3 is 0 Å². The van der Waals surface area contributed by atoms with Gasteiger partial charge in [0.1, 0.15) is 0 Å². The van der Waals surface area contributed by atoms with Gasteiger partial charge in [-0.25, -0.2) is 8.42 Å². The van der Waals surface area contributed by atoms with E-state index < -0.39 is 16.1 Å². The van der Waals surface area contributed by atoms with E-state index in [1.807, 2.05) is 6.92 Å². The lowest BCUT2D eigenvalue weighted by atomic mass is 10.2. The van der Waals surface area contributed by atoms with E-state index in [-0.39, 0.29) is 0 Å². The molecule has 5 nitrogen and oxygen atoms in total. The van der Waals surface area contributed by atoms with Gasteiger partial charge in [0.15, 0.2) is 0 Å². The quantitative estimate of drug-likeness (QED) is 0.482. The van der Waals surface area contributed by atoms with Crippen molar-refractivity contribution in [1.82, 2.24) is 0 Å². The molecule has 1 atom stereocenters. The molecule has 0 saturated carbocycles. The van der Waals surface area contributed by atoms with E-state index in [0.29, 0.717) is 6.42 Å². The van der Waals surface area contributed by atoms with Gasteiger partial charge in [0.2, 0.25) is 0 Å². The highest BCUT2D eigenvalue weighted by molar-refractivity contribution is 7.89. The maximum Gasteiger partial charge on any atom is 0.267 e. The van der Waals surface area contributed by atoms with Gasteiger partial charge in [-0.15, -0.1) is 0 Å². The summed E-state index contributed by atoms with van der Waals surface area (Å²) in [5.74, 6) is 0. The maximum atomic E-state index is 10.5. The van der Waals surface area contributed by atoms with E-state index in [9.17, 15) is 8.42 Å². The zero-order chi connectivity index (χ0) is 9.61. The van der Waals surface area contributed by atoms with Gasteiger partial charge in [0.05, 0.1) is 12.3 Å². The second-order valence-corrected chi connectivity index (χ2v) is 4.06. The van der Waals surface area contributed by atoms with Crippen LogP contribution < -0.4 is 0 Å². The van der Waals surface area contributed by atoms with Crippen LogP contribution in [0.4, 0.5) is 0 Å². The molecule has 0 fully saturated rings. The first-order chi connectivity index (χ1) is 5.49. The Morgan fingerprint density at radius 3 is 2.50 bits per heavy atom. The van der Waals surface area contributed by atoms with Gasteiger partial charge in [-0.1, -0.05) is 17.9 Å². The number of hydrogen-bond donors (Lipinski definition) is 0. The molecule has 0 saturated heterocycles. The molecule has 0 aromatic carbocycles. The molecule has 70 valence electrons. The summed E-state index contributed by atoms with van der Waals surface area (Å²) in [5, 5.41) is 12.0. The van der Waals surface area contributed by atoms with E-state index >= 15 is 0 Å². The minimum absolute atomic E-state index is 0.510. The molecule has 0 spiro atoms. The average Bonchev–Trinajstić information content (AvgIpc) is 1.96. The summed E-state index contributed by atoms with van der Waals surface area (Å²) in [6, 6.07) is -0.510. The lowest BCUT2D eigenvalue weighted by Gasteiger charge is -2.05. The van der Waals surface area contributed by atoms with Gasteiger partial charge in [-0.3, -0.25) is 0 Å². The minimum atomic E-state index is -3.42. The highest BCUT2D eigenvalue weighted by Gasteiger charge is 1.99. The first-order valence-corrected chi connectivity index (χ1v) is 5.44. The van der Waals surface area contributed by atoms with Crippen molar-refractivity contribution in [2.75, 3.05) is 6.26 Å². The molecule has 6 heteroatoms. The van der Waals surface area contributed by atoms with Crippen LogP contribution >= 0.6 is 0 Å². The maximum absolute atomic E-state index is 10.5. The molecule has 0 bridgehead atoms. The standard InChI is InChI=1S/C6H12N3O2S/c1-3-4-6(5-7)8-9-12(2,10)11/h5-6H,3-4H2,1-2H3/q-1. The van der Waals surface area contributed by atoms with Crippen molar-refractivity contribution in [3.8, 4) is 0 Å². The van der Waals surface area contributed by atoms with Gasteiger partial charge < -0.3 is 5.41 Å². The van der Waals surface area contributed by atoms with Gasteiger partial charge in [0, 0.05) is 0 Å². The molecule has 1 unspecified atom stereocenters. The van der Waals surface area contributed by atoms with E-state index in [2.05, 4.69) is 9.63 Å². The topological polar surface area (TPSA) is 81.2 Å². The van der Waals surface area contributed by atoms with Crippen LogP contribution in [0.2, 0.25) is 0 Å². The molecule has 0 aliphatic heterocycles. The molecule has 0 amide bonds. The fourth-order valence-corrected chi connectivity index (χ4v) is 0.896. The van der Waals surface area contributed by atoms with Crippen molar-refractivity contribution >= 4 is 16.2 Å². The minimum Gasteiger partial charge on any atom is -0.812 e. The summed E-state index contributed by atoms with van der Waals surface area (Å²) >= 11 is 0. The van der Waals surface area contributed by atoms with Crippen LogP contribution in [0.25, 0.3) is 5.41 Å². The molecule has 0 aromatic heterocycles. The van der Waals surface area contributed by atoms with Crippen LogP contribution in [0.3, 0.4) is 0 Å². The van der Waals surface area contributed by atoms with Crippen molar-refractivity contribution in [3.05, 3.63) is 5.41 Å². The zero-order valence-corrected chi connectivity index (χ0v) is 7.95. The molecule has 0 heterocycles. The zero-order valence-electron chi connectivity index (χ0n) is 7.14. The molecule has 0 aromatic rings. The third-order valence-electron chi connectivity index (χ3n) is 1.10. The van der Waals surface area contributed by atoms with Crippen molar-refractivity contribution in [2.24, 2.45) is 9.63 Å². The molecule has 0 aliphatic rings. The van der Waals surface area contributed by atoms with E-state index in [0.717, 1.165) is 18.9 Å². The Bertz CT molecular complexity index is 258. The number of hydrogen-bond acceptors (Lipinski definition) is 3. The van der Waals surface area contributed by atoms with Crippen LogP contribution in [-0.2, 0) is 10.0 Å². The Kier molecular flexibility index (Phi) is 4.65. The lowest BCUT2D eigenvalue weighted by Crippen LogP contribution is -2.04. The monoisotopic (exact) mass is 190 g/mol. The van der Waals surface area contributed by atoms with Crippen LogP contribution in [0.1, 0.15) is 19.8 Å². The van der Waals surface area contributed by atoms with Crippen molar-refractivity contribution in [2.45, 2.75) is 25.8 Å². The lowest BCUT2D eigenvalue weighted by molar-refractivity contribution is 0.597. The Labute approximate surface area is 72.5 Å². The van der Waals surface area contributed by atoms with Crippen molar-refractivity contribution in [1.29, 1.82) is 0 Å². The SMILES string of the molecule is CCCC(C=[N-])N=NS(C)(=O)=O. The fourth-order valence-electron chi connectivity index (χ4n) is 0.604. The predicted molar refractivity (Wildman–Crippen MR) is 47.8 cm³/mol. The molecule has 12 heavy (non-hydrogen) atoms. The number of nitrogens with zero attached hydrogens (tertiary/aromatic N) is 3. The Hall–Kier alpha value is -0.780. The van der Waals surface area contributed by atoms with E-state index in [1.54, 1.807) is 0 Å². The van der Waals surface area contributed by atoms with Crippen molar-refractivity contribution < 1.29 is 8.42 Å². The van der Waals surface area contributed by atoms with Gasteiger partial charge in [-0.05, 0) is 6.42 Å². The highest BCUT2D eigenvalue weighted by Crippen LogP contribution is 2.00. The molecule has 0 N–H and O–H groups in total. The van der Waals surface area contributed by atoms with Gasteiger partial charge in [0.25, 0.3) is 10.0 Å². The molecule has 0 aliphatic carbocycles. The summed E-state index contributed by atoms with van der Waals surface area (Å²) in [6.45, 7) is 1.91. The third-order valence-corrected chi connectivity index (χ3v) is 1.49. The molecular formula is C6H12N3O2S-. The second kappa shape index (κ2) is 4.97. The van der Waals surface area contributed by atoms with Crippen LogP contribution in [0.5, 0.6) is 0 Å². The van der Waals surface area contributed by atoms with E-state index in [4.69, 9.17) is 5.41 Å². The summed E-state index contributed by atoms with van der Waals surface area (Å²) in [7, 11) is -3.42. The molecular weight excluding hydrogens is 178 g/mol. The van der Waals surface area contributed by atoms with E-state index in [1.165, 1.54) is 0 Å². The van der Waals surface area contributed by atoms with Crippen LogP contribution in [0, 0.1) is 0 Å². The highest BCUT2D eigenvalue weighted by atomic mass is 32.2. The van der Waals surface area contributed by atoms with Crippen LogP contribution in [0.15, 0.2) is 9.63 Å². The summed E-state index contributed by atoms with van der Waals surface area (Å²) in [4.78, 5) is 0. The third kappa shape index (κ3) is 5.96. The largest absolute Gasteiger partial charge is 0.812 e.